The van der Waals surface area contributed by atoms with E-state index in [1.54, 1.807) is 12.2 Å². The van der Waals surface area contributed by atoms with E-state index in [1.165, 1.54) is 0 Å². The second-order valence-electron chi connectivity index (χ2n) is 12.5. The van der Waals surface area contributed by atoms with Crippen molar-refractivity contribution in [2.24, 2.45) is 28.6 Å². The minimum atomic E-state index is -1.47. The van der Waals surface area contributed by atoms with Gasteiger partial charge in [-0.15, -0.1) is 0 Å². The minimum Gasteiger partial charge on any atom is -0.457 e. The van der Waals surface area contributed by atoms with Gasteiger partial charge in [-0.05, 0) is 68.1 Å². The third-order valence-corrected chi connectivity index (χ3v) is 10.4. The fourth-order valence-corrected chi connectivity index (χ4v) is 8.52. The second-order valence-corrected chi connectivity index (χ2v) is 12.5. The Labute approximate surface area is 236 Å². The van der Waals surface area contributed by atoms with E-state index in [9.17, 15) is 24.3 Å². The van der Waals surface area contributed by atoms with Crippen molar-refractivity contribution >= 4 is 23.5 Å². The summed E-state index contributed by atoms with van der Waals surface area (Å²) in [4.78, 5) is 51.7. The van der Waals surface area contributed by atoms with Crippen LogP contribution in [0.25, 0.3) is 0 Å². The van der Waals surface area contributed by atoms with Crippen molar-refractivity contribution in [1.29, 1.82) is 0 Å². The summed E-state index contributed by atoms with van der Waals surface area (Å²) in [6, 6.07) is 9.18. The standard InChI is InChI=1S/C33H40O7/c1-4-8-28(37)40-33(27(36)20-39-29(38)17-21-9-6-5-7-10-21)16-14-25-24-12-11-22-18-23(34)13-15-31(22,2)30(24)26(35)19-32(25,33)3/h5-7,9-10,13,15,18,24-26,30,35H,4,8,11-12,14,16-17,19-20H2,1-3H3/t24-,25-,26?,30+,31-,32-,33-/m0/s1. The lowest BCUT2D eigenvalue weighted by atomic mass is 9.46. The molecule has 0 bridgehead atoms. The zero-order chi connectivity index (χ0) is 28.7. The van der Waals surface area contributed by atoms with Gasteiger partial charge in [0, 0.05) is 23.2 Å². The van der Waals surface area contributed by atoms with Crippen LogP contribution in [0.4, 0.5) is 0 Å². The highest BCUT2D eigenvalue weighted by Gasteiger charge is 2.70. The normalized spacial score (nSPS) is 36.1. The highest BCUT2D eigenvalue weighted by Crippen LogP contribution is 2.68. The Kier molecular flexibility index (Phi) is 7.64. The van der Waals surface area contributed by atoms with E-state index in [0.29, 0.717) is 19.3 Å². The first-order chi connectivity index (χ1) is 19.0. The van der Waals surface area contributed by atoms with Crippen LogP contribution < -0.4 is 0 Å². The van der Waals surface area contributed by atoms with Crippen LogP contribution in [0.3, 0.4) is 0 Å². The van der Waals surface area contributed by atoms with Crippen LogP contribution in [0.15, 0.2) is 54.1 Å². The predicted molar refractivity (Wildman–Crippen MR) is 148 cm³/mol. The van der Waals surface area contributed by atoms with Crippen LogP contribution >= 0.6 is 0 Å². The molecule has 4 aliphatic rings. The molecule has 3 saturated carbocycles. The van der Waals surface area contributed by atoms with Gasteiger partial charge >= 0.3 is 11.9 Å². The average Bonchev–Trinajstić information content (AvgIpc) is 3.20. The molecule has 4 aliphatic carbocycles. The number of fused-ring (bicyclic) bond motifs is 5. The lowest BCUT2D eigenvalue weighted by molar-refractivity contribution is -0.201. The van der Waals surface area contributed by atoms with Crippen LogP contribution in [0.5, 0.6) is 0 Å². The first-order valence-electron chi connectivity index (χ1n) is 14.6. The van der Waals surface area contributed by atoms with Crippen LogP contribution in [0, 0.1) is 28.6 Å². The molecule has 7 atom stereocenters. The van der Waals surface area contributed by atoms with Crippen molar-refractivity contribution in [3.8, 4) is 0 Å². The van der Waals surface area contributed by atoms with Gasteiger partial charge in [0.2, 0.25) is 5.78 Å². The fourth-order valence-electron chi connectivity index (χ4n) is 8.52. The summed E-state index contributed by atoms with van der Waals surface area (Å²) in [7, 11) is 0. The summed E-state index contributed by atoms with van der Waals surface area (Å²) in [6.07, 6.45) is 8.17. The number of carbonyl (C=O) groups excluding carboxylic acids is 4. The van der Waals surface area contributed by atoms with Gasteiger partial charge in [0.15, 0.2) is 18.0 Å². The first-order valence-corrected chi connectivity index (χ1v) is 14.6. The van der Waals surface area contributed by atoms with Gasteiger partial charge in [0.05, 0.1) is 12.5 Å². The number of hydrogen-bond acceptors (Lipinski definition) is 7. The molecule has 3 fully saturated rings. The maximum absolute atomic E-state index is 14.0. The fraction of sp³-hybridized carbons (Fsp3) is 0.576. The molecular weight excluding hydrogens is 508 g/mol. The summed E-state index contributed by atoms with van der Waals surface area (Å²) in [6.45, 7) is 5.48. The molecule has 7 nitrogen and oxygen atoms in total. The number of aliphatic hydroxyl groups is 1. The van der Waals surface area contributed by atoms with E-state index >= 15 is 0 Å². The molecule has 0 radical (unpaired) electrons. The number of ether oxygens (including phenoxy) is 2. The molecule has 214 valence electrons. The number of esters is 2. The Hall–Kier alpha value is -3.06. The average molecular weight is 549 g/mol. The van der Waals surface area contributed by atoms with Crippen molar-refractivity contribution in [3.05, 3.63) is 59.7 Å². The Morgan fingerprint density at radius 3 is 2.55 bits per heavy atom. The SMILES string of the molecule is CCCC(=O)O[C@]1(C(=O)COC(=O)Cc2ccccc2)CC[C@H]2[C@@H]3CCC4=CC(=O)C=C[C@]4(C)[C@H]3C(O)C[C@@]21C. The van der Waals surface area contributed by atoms with Crippen LogP contribution in [0.2, 0.25) is 0 Å². The van der Waals surface area contributed by atoms with Gasteiger partial charge in [-0.3, -0.25) is 19.2 Å². The smallest absolute Gasteiger partial charge is 0.310 e. The quantitative estimate of drug-likeness (QED) is 0.469. The van der Waals surface area contributed by atoms with Crippen LogP contribution in [0.1, 0.15) is 71.3 Å². The van der Waals surface area contributed by atoms with Crippen LogP contribution in [-0.4, -0.2) is 46.9 Å². The number of hydrogen-bond donors (Lipinski definition) is 1. The number of carbonyl (C=O) groups is 4. The second kappa shape index (κ2) is 10.7. The molecule has 40 heavy (non-hydrogen) atoms. The van der Waals surface area contributed by atoms with Gasteiger partial charge in [-0.25, -0.2) is 0 Å². The van der Waals surface area contributed by atoms with Gasteiger partial charge in [0.25, 0.3) is 0 Å². The van der Waals surface area contributed by atoms with Crippen molar-refractivity contribution in [2.75, 3.05) is 6.61 Å². The third-order valence-electron chi connectivity index (χ3n) is 10.4. The van der Waals surface area contributed by atoms with E-state index in [1.807, 2.05) is 50.3 Å². The molecule has 5 rings (SSSR count). The molecule has 0 amide bonds. The van der Waals surface area contributed by atoms with Gasteiger partial charge in [-0.1, -0.05) is 62.8 Å². The number of allylic oxidation sites excluding steroid dienone is 4. The Morgan fingerprint density at radius 1 is 1.07 bits per heavy atom. The van der Waals surface area contributed by atoms with Crippen molar-refractivity contribution in [3.63, 3.8) is 0 Å². The summed E-state index contributed by atoms with van der Waals surface area (Å²) in [5.41, 5.74) is -0.872. The zero-order valence-corrected chi connectivity index (χ0v) is 23.7. The Balaban J connectivity index is 1.42. The Morgan fingerprint density at radius 2 is 1.82 bits per heavy atom. The van der Waals surface area contributed by atoms with Gasteiger partial charge in [-0.2, -0.15) is 0 Å². The highest BCUT2D eigenvalue weighted by atomic mass is 16.6. The molecule has 0 aliphatic heterocycles. The number of rotatable bonds is 8. The molecule has 0 spiro atoms. The van der Waals surface area contributed by atoms with Gasteiger partial charge in [0.1, 0.15) is 0 Å². The number of aliphatic hydroxyl groups excluding tert-OH is 1. The number of Topliss-reactive ketones (excluding diaryl/α,β-unsaturated/α-hetero) is 1. The number of benzene rings is 1. The lowest BCUT2D eigenvalue weighted by Crippen LogP contribution is -2.63. The molecule has 1 unspecified atom stereocenters. The number of ketones is 2. The summed E-state index contributed by atoms with van der Waals surface area (Å²) in [5.74, 6) is -1.37. The molecule has 0 aromatic heterocycles. The molecule has 1 aromatic rings. The first kappa shape index (κ1) is 28.5. The van der Waals surface area contributed by atoms with E-state index in [-0.39, 0.29) is 42.8 Å². The van der Waals surface area contributed by atoms with Gasteiger partial charge < -0.3 is 14.6 Å². The molecule has 0 heterocycles. The monoisotopic (exact) mass is 548 g/mol. The largest absolute Gasteiger partial charge is 0.457 e. The zero-order valence-electron chi connectivity index (χ0n) is 23.7. The predicted octanol–water partition coefficient (Wildman–Crippen LogP) is 4.70. The highest BCUT2D eigenvalue weighted by molar-refractivity contribution is 6.01. The summed E-state index contributed by atoms with van der Waals surface area (Å²) >= 11 is 0. The van der Waals surface area contributed by atoms with Crippen molar-refractivity contribution < 1.29 is 33.8 Å². The molecule has 1 aromatic carbocycles. The Bertz CT molecular complexity index is 1250. The summed E-state index contributed by atoms with van der Waals surface area (Å²) in [5, 5.41) is 11.7. The van der Waals surface area contributed by atoms with Crippen molar-refractivity contribution in [2.45, 2.75) is 83.8 Å². The maximum atomic E-state index is 14.0. The van der Waals surface area contributed by atoms with Crippen LogP contribution in [-0.2, 0) is 35.1 Å². The summed E-state index contributed by atoms with van der Waals surface area (Å²) < 4.78 is 11.6. The van der Waals surface area contributed by atoms with Crippen molar-refractivity contribution in [1.82, 2.24) is 0 Å². The van der Waals surface area contributed by atoms with E-state index in [4.69, 9.17) is 9.47 Å². The topological polar surface area (TPSA) is 107 Å². The molecule has 7 heteroatoms. The lowest BCUT2D eigenvalue weighted by Gasteiger charge is -2.59. The van der Waals surface area contributed by atoms with E-state index in [0.717, 1.165) is 24.0 Å². The molecule has 1 N–H and O–H groups in total. The van der Waals surface area contributed by atoms with E-state index in [2.05, 4.69) is 6.92 Å². The molecular formula is C33H40O7. The third kappa shape index (κ3) is 4.66. The maximum Gasteiger partial charge on any atom is 0.310 e. The molecule has 0 saturated heterocycles. The van der Waals surface area contributed by atoms with E-state index < -0.39 is 46.9 Å². The minimum absolute atomic E-state index is 0.0174.